The van der Waals surface area contributed by atoms with Crippen LogP contribution < -0.4 is 10.6 Å². The molecule has 1 amide bonds. The number of nitrogens with one attached hydrogen (secondary N) is 2. The van der Waals surface area contributed by atoms with Gasteiger partial charge in [-0.25, -0.2) is 9.38 Å². The maximum Gasteiger partial charge on any atom is 0.224 e. The average molecular weight is 347 g/mol. The van der Waals surface area contributed by atoms with E-state index in [-0.39, 0.29) is 12.5 Å². The Hall–Kier alpha value is -2.62. The number of benzene rings is 1. The van der Waals surface area contributed by atoms with Crippen molar-refractivity contribution in [1.29, 1.82) is 5.26 Å². The summed E-state index contributed by atoms with van der Waals surface area (Å²) in [6.45, 7) is 8.42. The number of amides is 1. The molecule has 0 aliphatic rings. The molecule has 0 aromatic heterocycles. The van der Waals surface area contributed by atoms with Gasteiger partial charge in [-0.3, -0.25) is 4.79 Å². The van der Waals surface area contributed by atoms with E-state index < -0.39 is 5.82 Å². The maximum absolute atomic E-state index is 13.8. The van der Waals surface area contributed by atoms with Crippen molar-refractivity contribution in [3.05, 3.63) is 35.1 Å². The summed E-state index contributed by atoms with van der Waals surface area (Å²) in [7, 11) is 0. The molecule has 25 heavy (non-hydrogen) atoms. The first-order valence-corrected chi connectivity index (χ1v) is 8.54. The third kappa shape index (κ3) is 6.79. The Bertz CT molecular complexity index is 635. The lowest BCUT2D eigenvalue weighted by Gasteiger charge is -2.19. The van der Waals surface area contributed by atoms with Crippen molar-refractivity contribution in [3.63, 3.8) is 0 Å². The molecule has 1 rings (SSSR count). The number of carbonyl (C=O) groups is 1. The summed E-state index contributed by atoms with van der Waals surface area (Å²) in [6, 6.07) is 6.19. The molecule has 0 saturated heterocycles. The molecule has 0 radical (unpaired) electrons. The summed E-state index contributed by atoms with van der Waals surface area (Å²) in [6.07, 6.45) is 0.365. The number of guanidine groups is 1. The van der Waals surface area contributed by atoms with Crippen molar-refractivity contribution in [3.8, 4) is 6.07 Å². The van der Waals surface area contributed by atoms with E-state index in [0.29, 0.717) is 49.7 Å². The zero-order valence-corrected chi connectivity index (χ0v) is 15.1. The van der Waals surface area contributed by atoms with Crippen LogP contribution in [0.3, 0.4) is 0 Å². The first-order chi connectivity index (χ1) is 12.0. The zero-order valence-electron chi connectivity index (χ0n) is 15.1. The molecule has 0 bridgehead atoms. The zero-order chi connectivity index (χ0) is 18.7. The number of nitriles is 1. The van der Waals surface area contributed by atoms with Crippen molar-refractivity contribution in [2.24, 2.45) is 4.99 Å². The summed E-state index contributed by atoms with van der Waals surface area (Å²) < 4.78 is 13.8. The van der Waals surface area contributed by atoms with Gasteiger partial charge in [-0.05, 0) is 39.0 Å². The Morgan fingerprint density at radius 1 is 1.28 bits per heavy atom. The van der Waals surface area contributed by atoms with E-state index in [2.05, 4.69) is 15.6 Å². The molecule has 7 heteroatoms. The fourth-order valence-corrected chi connectivity index (χ4v) is 2.29. The van der Waals surface area contributed by atoms with Crippen LogP contribution >= 0.6 is 0 Å². The Labute approximate surface area is 148 Å². The molecular formula is C18H26FN5O. The van der Waals surface area contributed by atoms with Crippen LogP contribution in [-0.2, 0) is 11.3 Å². The van der Waals surface area contributed by atoms with Crippen LogP contribution in [0.15, 0.2) is 23.2 Å². The summed E-state index contributed by atoms with van der Waals surface area (Å²) in [5, 5.41) is 15.0. The first-order valence-electron chi connectivity index (χ1n) is 8.54. The van der Waals surface area contributed by atoms with Gasteiger partial charge in [0.05, 0.1) is 18.2 Å². The molecule has 0 fully saturated rings. The summed E-state index contributed by atoms with van der Waals surface area (Å²) in [4.78, 5) is 18.1. The van der Waals surface area contributed by atoms with E-state index in [1.807, 2.05) is 26.8 Å². The Balaban J connectivity index is 2.66. The highest BCUT2D eigenvalue weighted by Crippen LogP contribution is 2.11. The predicted molar refractivity (Wildman–Crippen MR) is 96.5 cm³/mol. The molecule has 0 spiro atoms. The fraction of sp³-hybridized carbons (Fsp3) is 0.500. The van der Waals surface area contributed by atoms with Crippen LogP contribution in [0.25, 0.3) is 0 Å². The molecule has 0 atom stereocenters. The van der Waals surface area contributed by atoms with Crippen LogP contribution in [0.4, 0.5) is 4.39 Å². The van der Waals surface area contributed by atoms with Gasteiger partial charge in [0.25, 0.3) is 0 Å². The molecule has 0 aliphatic carbocycles. The first kappa shape index (κ1) is 20.4. The number of aliphatic imine (C=N–C) groups is 1. The van der Waals surface area contributed by atoms with Crippen molar-refractivity contribution in [2.75, 3.05) is 26.2 Å². The van der Waals surface area contributed by atoms with Gasteiger partial charge < -0.3 is 15.5 Å². The van der Waals surface area contributed by atoms with Crippen molar-refractivity contribution < 1.29 is 9.18 Å². The maximum atomic E-state index is 13.8. The van der Waals surface area contributed by atoms with E-state index >= 15 is 0 Å². The topological polar surface area (TPSA) is 80.5 Å². The van der Waals surface area contributed by atoms with Crippen LogP contribution in [0.2, 0.25) is 0 Å². The molecule has 0 saturated carbocycles. The van der Waals surface area contributed by atoms with Gasteiger partial charge in [-0.2, -0.15) is 5.26 Å². The molecule has 6 nitrogen and oxygen atoms in total. The lowest BCUT2D eigenvalue weighted by molar-refractivity contribution is -0.130. The van der Waals surface area contributed by atoms with Gasteiger partial charge >= 0.3 is 0 Å². The van der Waals surface area contributed by atoms with E-state index in [1.165, 1.54) is 18.2 Å². The number of carbonyl (C=O) groups excluding carboxylic acids is 1. The molecule has 1 aromatic rings. The van der Waals surface area contributed by atoms with E-state index in [9.17, 15) is 9.18 Å². The average Bonchev–Trinajstić information content (AvgIpc) is 2.61. The molecule has 0 unspecified atom stereocenters. The molecule has 136 valence electrons. The van der Waals surface area contributed by atoms with Gasteiger partial charge in [0, 0.05) is 38.2 Å². The van der Waals surface area contributed by atoms with Gasteiger partial charge in [-0.15, -0.1) is 0 Å². The fourth-order valence-electron chi connectivity index (χ4n) is 2.29. The van der Waals surface area contributed by atoms with Crippen LogP contribution in [0, 0.1) is 17.1 Å². The van der Waals surface area contributed by atoms with E-state index in [1.54, 1.807) is 4.90 Å². The van der Waals surface area contributed by atoms with Gasteiger partial charge in [-0.1, -0.05) is 0 Å². The minimum Gasteiger partial charge on any atom is -0.357 e. The second kappa shape index (κ2) is 11.0. The highest BCUT2D eigenvalue weighted by molar-refractivity contribution is 5.81. The number of hydrogen-bond donors (Lipinski definition) is 2. The van der Waals surface area contributed by atoms with E-state index in [0.717, 1.165) is 0 Å². The van der Waals surface area contributed by atoms with Crippen molar-refractivity contribution >= 4 is 11.9 Å². The molecule has 1 aromatic carbocycles. The van der Waals surface area contributed by atoms with Gasteiger partial charge in [0.15, 0.2) is 5.96 Å². The second-order valence-corrected chi connectivity index (χ2v) is 5.36. The van der Waals surface area contributed by atoms with E-state index in [4.69, 9.17) is 5.26 Å². The summed E-state index contributed by atoms with van der Waals surface area (Å²) >= 11 is 0. The van der Waals surface area contributed by atoms with Crippen LogP contribution in [0.5, 0.6) is 0 Å². The lowest BCUT2D eigenvalue weighted by Crippen LogP contribution is -2.40. The van der Waals surface area contributed by atoms with Crippen molar-refractivity contribution in [2.45, 2.75) is 33.7 Å². The summed E-state index contributed by atoms with van der Waals surface area (Å²) in [5.74, 6) is 0.202. The quantitative estimate of drug-likeness (QED) is 0.557. The number of rotatable bonds is 8. The Morgan fingerprint density at radius 2 is 2.00 bits per heavy atom. The molecule has 0 aliphatic heterocycles. The number of hydrogen-bond acceptors (Lipinski definition) is 3. The van der Waals surface area contributed by atoms with Crippen LogP contribution in [0.1, 0.15) is 38.3 Å². The Morgan fingerprint density at radius 3 is 2.60 bits per heavy atom. The largest absolute Gasteiger partial charge is 0.357 e. The number of halogens is 1. The highest BCUT2D eigenvalue weighted by atomic mass is 19.1. The minimum absolute atomic E-state index is 0.0844. The van der Waals surface area contributed by atoms with Gasteiger partial charge in [0.2, 0.25) is 5.91 Å². The van der Waals surface area contributed by atoms with Crippen molar-refractivity contribution in [1.82, 2.24) is 15.5 Å². The standard InChI is InChI=1S/C18H26FN5O/c1-4-21-18(22-10-9-17(25)24(5-2)6-3)23-13-15-11-14(12-20)7-8-16(15)19/h7-8,11H,4-6,9-10,13H2,1-3H3,(H2,21,22,23). The normalized spacial score (nSPS) is 10.9. The highest BCUT2D eigenvalue weighted by Gasteiger charge is 2.09. The second-order valence-electron chi connectivity index (χ2n) is 5.36. The SMILES string of the molecule is CCNC(=NCc1cc(C#N)ccc1F)NCCC(=O)N(CC)CC. The molecule has 2 N–H and O–H groups in total. The lowest BCUT2D eigenvalue weighted by atomic mass is 10.1. The van der Waals surface area contributed by atoms with Crippen LogP contribution in [-0.4, -0.2) is 42.9 Å². The monoisotopic (exact) mass is 347 g/mol. The summed E-state index contributed by atoms with van der Waals surface area (Å²) in [5.41, 5.74) is 0.754. The third-order valence-electron chi connectivity index (χ3n) is 3.67. The molecular weight excluding hydrogens is 321 g/mol. The smallest absolute Gasteiger partial charge is 0.224 e. The number of nitrogens with zero attached hydrogens (tertiary/aromatic N) is 3. The minimum atomic E-state index is -0.393. The van der Waals surface area contributed by atoms with Gasteiger partial charge in [0.1, 0.15) is 5.82 Å². The molecule has 0 heterocycles. The predicted octanol–water partition coefficient (Wildman–Crippen LogP) is 2.01. The third-order valence-corrected chi connectivity index (χ3v) is 3.67. The Kier molecular flexibility index (Phi) is 9.01.